The smallest absolute Gasteiger partial charge is 0.322 e. The quantitative estimate of drug-likeness (QED) is 0.765. The summed E-state index contributed by atoms with van der Waals surface area (Å²) in [5.74, 6) is -1.59. The first kappa shape index (κ1) is 16.8. The number of carbonyl (C=O) groups is 1. The number of carbonyl (C=O) groups excluding carboxylic acids is 1. The molecule has 2 aromatic rings. The van der Waals surface area contributed by atoms with Gasteiger partial charge in [0.05, 0.1) is 11.3 Å². The first-order valence-electron chi connectivity index (χ1n) is 6.06. The van der Waals surface area contributed by atoms with Crippen molar-refractivity contribution in [2.75, 3.05) is 11.1 Å². The first-order chi connectivity index (χ1) is 10.3. The summed E-state index contributed by atoms with van der Waals surface area (Å²) in [5.41, 5.74) is 0.656. The highest BCUT2D eigenvalue weighted by molar-refractivity contribution is 9.10. The zero-order valence-corrected chi connectivity index (χ0v) is 13.4. The van der Waals surface area contributed by atoms with Crippen LogP contribution in [0.25, 0.3) is 0 Å². The molecule has 1 amide bonds. The number of rotatable bonds is 4. The van der Waals surface area contributed by atoms with Crippen LogP contribution in [0.2, 0.25) is 0 Å². The van der Waals surface area contributed by atoms with Gasteiger partial charge in [0.25, 0.3) is 5.91 Å². The molecule has 22 heavy (non-hydrogen) atoms. The fourth-order valence-corrected chi connectivity index (χ4v) is 2.58. The van der Waals surface area contributed by atoms with E-state index in [9.17, 15) is 18.0 Å². The number of hydrogen-bond donors (Lipinski definition) is 1. The summed E-state index contributed by atoms with van der Waals surface area (Å²) in [7, 11) is 0. The normalized spacial score (nSPS) is 11.3. The summed E-state index contributed by atoms with van der Waals surface area (Å²) in [6.45, 7) is 0. The minimum absolute atomic E-state index is 0.0504. The molecule has 0 bridgehead atoms. The largest absolute Gasteiger partial charge is 0.398 e. The van der Waals surface area contributed by atoms with Crippen molar-refractivity contribution in [3.63, 3.8) is 0 Å². The maximum absolute atomic E-state index is 12.3. The highest BCUT2D eigenvalue weighted by atomic mass is 79.9. The lowest BCUT2D eigenvalue weighted by molar-refractivity contribution is -0.105. The second kappa shape index (κ2) is 7.15. The number of halogens is 4. The van der Waals surface area contributed by atoms with Crippen molar-refractivity contribution in [2.24, 2.45) is 0 Å². The summed E-state index contributed by atoms with van der Waals surface area (Å²) >= 11 is 3.77. The van der Waals surface area contributed by atoms with Crippen LogP contribution in [0, 0.1) is 0 Å². The number of nitrogens with zero attached hydrogens (tertiary/aromatic N) is 1. The minimum Gasteiger partial charge on any atom is -0.322 e. The molecular weight excluding hydrogens is 381 g/mol. The number of amides is 1. The van der Waals surface area contributed by atoms with Gasteiger partial charge in [-0.3, -0.25) is 4.79 Å². The third kappa shape index (κ3) is 5.03. The van der Waals surface area contributed by atoms with Gasteiger partial charge in [-0.05, 0) is 36.4 Å². The van der Waals surface area contributed by atoms with Gasteiger partial charge in [-0.25, -0.2) is 4.98 Å². The summed E-state index contributed by atoms with van der Waals surface area (Å²) in [6.07, 6.45) is -2.96. The van der Waals surface area contributed by atoms with Crippen LogP contribution < -0.4 is 5.32 Å². The molecule has 8 heteroatoms. The second-order valence-corrected chi connectivity index (χ2v) is 6.10. The standard InChI is InChI=1S/C14H10BrF3N2OS/c15-9-3-5-10(6-4-9)20-12(21)11-2-1-7-19-13(11)22-8-14(16,17)18/h1-7H,8H2,(H,20,21). The van der Waals surface area contributed by atoms with Crippen molar-refractivity contribution in [1.29, 1.82) is 0 Å². The van der Waals surface area contributed by atoms with Gasteiger partial charge in [0, 0.05) is 16.4 Å². The van der Waals surface area contributed by atoms with Gasteiger partial charge >= 0.3 is 6.18 Å². The van der Waals surface area contributed by atoms with Gasteiger partial charge in [-0.1, -0.05) is 27.7 Å². The van der Waals surface area contributed by atoms with Crippen molar-refractivity contribution in [3.05, 3.63) is 52.6 Å². The molecule has 0 aliphatic carbocycles. The molecule has 1 aromatic heterocycles. The molecule has 0 fully saturated rings. The van der Waals surface area contributed by atoms with E-state index in [1.54, 1.807) is 24.3 Å². The van der Waals surface area contributed by atoms with Crippen LogP contribution in [-0.4, -0.2) is 22.8 Å². The number of thioether (sulfide) groups is 1. The van der Waals surface area contributed by atoms with Crippen molar-refractivity contribution < 1.29 is 18.0 Å². The van der Waals surface area contributed by atoms with Crippen LogP contribution in [-0.2, 0) is 0 Å². The molecule has 2 rings (SSSR count). The number of alkyl halides is 3. The molecule has 0 unspecified atom stereocenters. The van der Waals surface area contributed by atoms with Gasteiger partial charge in [0.2, 0.25) is 0 Å². The molecule has 1 aromatic carbocycles. The Morgan fingerprint density at radius 3 is 2.55 bits per heavy atom. The number of benzene rings is 1. The minimum atomic E-state index is -4.32. The fraction of sp³-hybridized carbons (Fsp3) is 0.143. The number of anilines is 1. The molecule has 0 aliphatic heterocycles. The lowest BCUT2D eigenvalue weighted by Crippen LogP contribution is -2.15. The number of aromatic nitrogens is 1. The molecular formula is C14H10BrF3N2OS. The van der Waals surface area contributed by atoms with E-state index in [0.717, 1.165) is 4.47 Å². The Bertz CT molecular complexity index is 662. The van der Waals surface area contributed by atoms with Crippen LogP contribution in [0.3, 0.4) is 0 Å². The molecule has 1 heterocycles. The van der Waals surface area contributed by atoms with E-state index in [4.69, 9.17) is 0 Å². The predicted molar refractivity (Wildman–Crippen MR) is 83.1 cm³/mol. The topological polar surface area (TPSA) is 42.0 Å². The molecule has 0 saturated carbocycles. The molecule has 0 radical (unpaired) electrons. The van der Waals surface area contributed by atoms with Gasteiger partial charge in [0.1, 0.15) is 5.03 Å². The van der Waals surface area contributed by atoms with Crippen molar-refractivity contribution in [3.8, 4) is 0 Å². The Hall–Kier alpha value is -1.54. The monoisotopic (exact) mass is 390 g/mol. The highest BCUT2D eigenvalue weighted by Crippen LogP contribution is 2.28. The average Bonchev–Trinajstić information content (AvgIpc) is 2.47. The zero-order valence-electron chi connectivity index (χ0n) is 11.0. The van der Waals surface area contributed by atoms with Gasteiger partial charge in [-0.15, -0.1) is 0 Å². The van der Waals surface area contributed by atoms with Crippen LogP contribution in [0.1, 0.15) is 10.4 Å². The molecule has 0 spiro atoms. The Morgan fingerprint density at radius 1 is 1.23 bits per heavy atom. The number of nitrogens with one attached hydrogen (secondary N) is 1. The van der Waals surface area contributed by atoms with Gasteiger partial charge < -0.3 is 5.32 Å². The fourth-order valence-electron chi connectivity index (χ4n) is 1.56. The van der Waals surface area contributed by atoms with Crippen molar-refractivity contribution >= 4 is 39.3 Å². The van der Waals surface area contributed by atoms with Crippen LogP contribution in [0.5, 0.6) is 0 Å². The first-order valence-corrected chi connectivity index (χ1v) is 7.84. The lowest BCUT2D eigenvalue weighted by atomic mass is 10.2. The lowest BCUT2D eigenvalue weighted by Gasteiger charge is -2.10. The van der Waals surface area contributed by atoms with E-state index in [0.29, 0.717) is 17.4 Å². The molecule has 3 nitrogen and oxygen atoms in total. The van der Waals surface area contributed by atoms with E-state index < -0.39 is 17.8 Å². The molecule has 1 N–H and O–H groups in total. The summed E-state index contributed by atoms with van der Waals surface area (Å²) in [5, 5.41) is 2.68. The van der Waals surface area contributed by atoms with Crippen LogP contribution in [0.4, 0.5) is 18.9 Å². The van der Waals surface area contributed by atoms with E-state index >= 15 is 0 Å². The average molecular weight is 391 g/mol. The molecule has 116 valence electrons. The maximum Gasteiger partial charge on any atom is 0.398 e. The maximum atomic E-state index is 12.3. The SMILES string of the molecule is O=C(Nc1ccc(Br)cc1)c1cccnc1SCC(F)(F)F. The van der Waals surface area contributed by atoms with Gasteiger partial charge in [-0.2, -0.15) is 13.2 Å². The summed E-state index contributed by atoms with van der Waals surface area (Å²) in [6, 6.07) is 9.81. The summed E-state index contributed by atoms with van der Waals surface area (Å²) in [4.78, 5) is 16.0. The van der Waals surface area contributed by atoms with E-state index in [-0.39, 0.29) is 10.6 Å². The Labute approximate surface area is 137 Å². The molecule has 0 aliphatic rings. The molecule has 0 saturated heterocycles. The third-order valence-electron chi connectivity index (χ3n) is 2.49. The number of pyridine rings is 1. The van der Waals surface area contributed by atoms with Crippen molar-refractivity contribution in [1.82, 2.24) is 4.98 Å². The van der Waals surface area contributed by atoms with Crippen LogP contribution >= 0.6 is 27.7 Å². The number of hydrogen-bond acceptors (Lipinski definition) is 3. The second-order valence-electron chi connectivity index (χ2n) is 4.22. The van der Waals surface area contributed by atoms with E-state index in [1.807, 2.05) is 0 Å². The third-order valence-corrected chi connectivity index (χ3v) is 4.09. The van der Waals surface area contributed by atoms with E-state index in [2.05, 4.69) is 26.2 Å². The van der Waals surface area contributed by atoms with Gasteiger partial charge in [0.15, 0.2) is 0 Å². The Kier molecular flexibility index (Phi) is 5.47. The molecule has 0 atom stereocenters. The highest BCUT2D eigenvalue weighted by Gasteiger charge is 2.28. The van der Waals surface area contributed by atoms with E-state index in [1.165, 1.54) is 18.3 Å². The Morgan fingerprint density at radius 2 is 1.91 bits per heavy atom. The zero-order chi connectivity index (χ0) is 16.2. The van der Waals surface area contributed by atoms with Crippen LogP contribution in [0.15, 0.2) is 52.1 Å². The predicted octanol–water partition coefficient (Wildman–Crippen LogP) is 4.75. The Balaban J connectivity index is 2.13. The van der Waals surface area contributed by atoms with Crippen molar-refractivity contribution in [2.45, 2.75) is 11.2 Å². The summed E-state index contributed by atoms with van der Waals surface area (Å²) < 4.78 is 37.8.